The van der Waals surface area contributed by atoms with E-state index in [9.17, 15) is 9.59 Å². The van der Waals surface area contributed by atoms with Crippen LogP contribution in [0.25, 0.3) is 0 Å². The van der Waals surface area contributed by atoms with E-state index in [2.05, 4.69) is 11.4 Å². The first-order valence-electron chi connectivity index (χ1n) is 7.56. The van der Waals surface area contributed by atoms with Gasteiger partial charge in [0.1, 0.15) is 0 Å². The van der Waals surface area contributed by atoms with Gasteiger partial charge in [-0.1, -0.05) is 23.8 Å². The smallest absolute Gasteiger partial charge is 0.336 e. The molecule has 1 aromatic rings. The molecule has 0 spiro atoms. The van der Waals surface area contributed by atoms with Gasteiger partial charge in [0, 0.05) is 11.4 Å². The Morgan fingerprint density at radius 2 is 2.05 bits per heavy atom. The summed E-state index contributed by atoms with van der Waals surface area (Å²) in [5, 5.41) is 12.0. The highest BCUT2D eigenvalue weighted by atomic mass is 32.2. The standard InChI is InChI=1S/C17H21NO3S/c19-16(18-11-10-13-6-2-1-3-7-13)12-22-15-9-5-4-8-14(15)17(20)21/h4-6,8-9H,1-3,7,10-12H2,(H,18,19)(H,20,21). The molecule has 1 amide bonds. The second kappa shape index (κ2) is 8.63. The monoisotopic (exact) mass is 319 g/mol. The highest BCUT2D eigenvalue weighted by Gasteiger charge is 2.11. The zero-order valence-corrected chi connectivity index (χ0v) is 13.3. The van der Waals surface area contributed by atoms with E-state index in [0.29, 0.717) is 11.4 Å². The van der Waals surface area contributed by atoms with Crippen molar-refractivity contribution < 1.29 is 14.7 Å². The van der Waals surface area contributed by atoms with Crippen molar-refractivity contribution in [3.8, 4) is 0 Å². The van der Waals surface area contributed by atoms with Crippen LogP contribution in [0.1, 0.15) is 42.5 Å². The number of hydrogen-bond donors (Lipinski definition) is 2. The fourth-order valence-corrected chi connectivity index (χ4v) is 3.33. The highest BCUT2D eigenvalue weighted by Crippen LogP contribution is 2.22. The number of carboxylic acid groups (broad SMARTS) is 1. The molecular weight excluding hydrogens is 298 g/mol. The Balaban J connectivity index is 1.74. The van der Waals surface area contributed by atoms with E-state index < -0.39 is 5.97 Å². The summed E-state index contributed by atoms with van der Waals surface area (Å²) >= 11 is 1.26. The first kappa shape index (κ1) is 16.6. The van der Waals surface area contributed by atoms with Crippen LogP contribution in [-0.2, 0) is 4.79 Å². The van der Waals surface area contributed by atoms with Crippen molar-refractivity contribution in [2.45, 2.75) is 37.0 Å². The molecular formula is C17H21NO3S. The maximum atomic E-state index is 11.8. The maximum absolute atomic E-state index is 11.8. The number of thioether (sulfide) groups is 1. The maximum Gasteiger partial charge on any atom is 0.336 e. The van der Waals surface area contributed by atoms with Gasteiger partial charge in [-0.2, -0.15) is 0 Å². The highest BCUT2D eigenvalue weighted by molar-refractivity contribution is 8.00. The van der Waals surface area contributed by atoms with Crippen LogP contribution < -0.4 is 5.32 Å². The molecule has 0 unspecified atom stereocenters. The molecule has 0 atom stereocenters. The molecule has 1 aromatic carbocycles. The van der Waals surface area contributed by atoms with E-state index in [1.165, 1.54) is 30.2 Å². The second-order valence-electron chi connectivity index (χ2n) is 5.30. The summed E-state index contributed by atoms with van der Waals surface area (Å²) in [5.74, 6) is -0.780. The van der Waals surface area contributed by atoms with Gasteiger partial charge in [-0.15, -0.1) is 11.8 Å². The van der Waals surface area contributed by atoms with Crippen LogP contribution in [0.3, 0.4) is 0 Å². The number of benzene rings is 1. The van der Waals surface area contributed by atoms with Crippen molar-refractivity contribution in [2.24, 2.45) is 0 Å². The molecule has 5 heteroatoms. The van der Waals surface area contributed by atoms with E-state index in [-0.39, 0.29) is 17.2 Å². The Hall–Kier alpha value is -1.75. The molecule has 0 bridgehead atoms. The topological polar surface area (TPSA) is 66.4 Å². The van der Waals surface area contributed by atoms with Gasteiger partial charge in [0.25, 0.3) is 0 Å². The summed E-state index contributed by atoms with van der Waals surface area (Å²) in [6.45, 7) is 0.659. The normalized spacial score (nSPS) is 14.3. The molecule has 0 radical (unpaired) electrons. The van der Waals surface area contributed by atoms with E-state index >= 15 is 0 Å². The van der Waals surface area contributed by atoms with Crippen LogP contribution >= 0.6 is 11.8 Å². The molecule has 2 N–H and O–H groups in total. The van der Waals surface area contributed by atoms with Gasteiger partial charge < -0.3 is 10.4 Å². The SMILES string of the molecule is O=C(CSc1ccccc1C(=O)O)NCCC1=CCCCC1. The lowest BCUT2D eigenvalue weighted by Crippen LogP contribution is -2.26. The van der Waals surface area contributed by atoms with Crippen LogP contribution in [0.5, 0.6) is 0 Å². The second-order valence-corrected chi connectivity index (χ2v) is 6.32. The van der Waals surface area contributed by atoms with Gasteiger partial charge in [0.15, 0.2) is 0 Å². The third-order valence-electron chi connectivity index (χ3n) is 3.63. The number of rotatable bonds is 7. The van der Waals surface area contributed by atoms with Gasteiger partial charge in [0.2, 0.25) is 5.91 Å². The predicted molar refractivity (Wildman–Crippen MR) is 88.3 cm³/mol. The molecule has 0 saturated heterocycles. The number of allylic oxidation sites excluding steroid dienone is 1. The molecule has 0 saturated carbocycles. The Bertz CT molecular complexity index is 569. The summed E-state index contributed by atoms with van der Waals surface area (Å²) in [7, 11) is 0. The number of aromatic carboxylic acids is 1. The minimum absolute atomic E-state index is 0.0541. The number of carbonyl (C=O) groups excluding carboxylic acids is 1. The van der Waals surface area contributed by atoms with Crippen LogP contribution in [-0.4, -0.2) is 29.3 Å². The summed E-state index contributed by atoms with van der Waals surface area (Å²) in [4.78, 5) is 23.6. The Labute approximate surface area is 135 Å². The van der Waals surface area contributed by atoms with Crippen molar-refractivity contribution in [3.63, 3.8) is 0 Å². The molecule has 0 aromatic heterocycles. The van der Waals surface area contributed by atoms with Crippen molar-refractivity contribution in [3.05, 3.63) is 41.5 Å². The first-order chi connectivity index (χ1) is 10.7. The van der Waals surface area contributed by atoms with E-state index in [4.69, 9.17) is 5.11 Å². The number of carbonyl (C=O) groups is 2. The number of hydrogen-bond acceptors (Lipinski definition) is 3. The van der Waals surface area contributed by atoms with Crippen LogP contribution in [0.15, 0.2) is 40.8 Å². The van der Waals surface area contributed by atoms with Gasteiger partial charge >= 0.3 is 5.97 Å². The van der Waals surface area contributed by atoms with Gasteiger partial charge in [-0.25, -0.2) is 4.79 Å². The quantitative estimate of drug-likeness (QED) is 0.596. The molecule has 1 aliphatic rings. The fraction of sp³-hybridized carbons (Fsp3) is 0.412. The largest absolute Gasteiger partial charge is 0.478 e. The lowest BCUT2D eigenvalue weighted by molar-refractivity contribution is -0.118. The molecule has 0 aliphatic heterocycles. The number of amides is 1. The van der Waals surface area contributed by atoms with E-state index in [1.807, 2.05) is 0 Å². The summed E-state index contributed by atoms with van der Waals surface area (Å²) in [6.07, 6.45) is 8.04. The van der Waals surface area contributed by atoms with Gasteiger partial charge in [-0.05, 0) is 44.2 Å². The zero-order valence-electron chi connectivity index (χ0n) is 12.5. The van der Waals surface area contributed by atoms with Crippen molar-refractivity contribution in [2.75, 3.05) is 12.3 Å². The molecule has 0 heterocycles. The van der Waals surface area contributed by atoms with Crippen LogP contribution in [0.4, 0.5) is 0 Å². The molecule has 2 rings (SSSR count). The van der Waals surface area contributed by atoms with Crippen molar-refractivity contribution >= 4 is 23.6 Å². The van der Waals surface area contributed by atoms with E-state index in [0.717, 1.165) is 19.3 Å². The fourth-order valence-electron chi connectivity index (χ4n) is 2.46. The van der Waals surface area contributed by atoms with Crippen LogP contribution in [0.2, 0.25) is 0 Å². The summed E-state index contributed by atoms with van der Waals surface area (Å²) in [6, 6.07) is 6.75. The summed E-state index contributed by atoms with van der Waals surface area (Å²) in [5.41, 5.74) is 1.68. The Kier molecular flexibility index (Phi) is 6.52. The summed E-state index contributed by atoms with van der Waals surface area (Å²) < 4.78 is 0. The predicted octanol–water partition coefficient (Wildman–Crippen LogP) is 3.48. The minimum atomic E-state index is -0.965. The lowest BCUT2D eigenvalue weighted by Gasteiger charge is -2.13. The number of carboxylic acids is 1. The van der Waals surface area contributed by atoms with Crippen molar-refractivity contribution in [1.29, 1.82) is 0 Å². The number of nitrogens with one attached hydrogen (secondary N) is 1. The average Bonchev–Trinajstić information content (AvgIpc) is 2.54. The van der Waals surface area contributed by atoms with Gasteiger partial charge in [-0.3, -0.25) is 4.79 Å². The molecule has 22 heavy (non-hydrogen) atoms. The molecule has 0 fully saturated rings. The molecule has 118 valence electrons. The van der Waals surface area contributed by atoms with Crippen molar-refractivity contribution in [1.82, 2.24) is 5.32 Å². The minimum Gasteiger partial charge on any atom is -0.478 e. The Morgan fingerprint density at radius 1 is 1.23 bits per heavy atom. The first-order valence-corrected chi connectivity index (χ1v) is 8.55. The average molecular weight is 319 g/mol. The lowest BCUT2D eigenvalue weighted by atomic mass is 9.97. The molecule has 1 aliphatic carbocycles. The third-order valence-corrected chi connectivity index (χ3v) is 4.70. The van der Waals surface area contributed by atoms with E-state index in [1.54, 1.807) is 24.3 Å². The Morgan fingerprint density at radius 3 is 2.77 bits per heavy atom. The van der Waals surface area contributed by atoms with Crippen LogP contribution in [0, 0.1) is 0 Å². The third kappa shape index (κ3) is 5.22. The van der Waals surface area contributed by atoms with Gasteiger partial charge in [0.05, 0.1) is 11.3 Å². The zero-order chi connectivity index (χ0) is 15.8. The molecule has 4 nitrogen and oxygen atoms in total.